The summed E-state index contributed by atoms with van der Waals surface area (Å²) >= 11 is 0. The fourth-order valence-corrected chi connectivity index (χ4v) is 3.90. The number of sulfone groups is 1. The summed E-state index contributed by atoms with van der Waals surface area (Å²) in [6.45, 7) is 0.0918. The Bertz CT molecular complexity index is 687. The predicted molar refractivity (Wildman–Crippen MR) is 73.6 cm³/mol. The fourth-order valence-electron chi connectivity index (χ4n) is 2.20. The molecule has 0 spiro atoms. The summed E-state index contributed by atoms with van der Waals surface area (Å²) in [4.78, 5) is 20.2. The van der Waals surface area contributed by atoms with Crippen LogP contribution in [0.1, 0.15) is 12.0 Å². The lowest BCUT2D eigenvalue weighted by molar-refractivity contribution is -0.394. The van der Waals surface area contributed by atoms with Crippen LogP contribution in [-0.4, -0.2) is 35.8 Å². The molecule has 2 rings (SSSR count). The second-order valence-electron chi connectivity index (χ2n) is 4.81. The molecule has 0 radical (unpaired) electrons. The molecule has 21 heavy (non-hydrogen) atoms. The molecule has 0 bridgehead atoms. The smallest absolute Gasteiger partial charge is 0.280 e. The quantitative estimate of drug-likeness (QED) is 0.627. The number of nitro groups is 2. The highest BCUT2D eigenvalue weighted by Crippen LogP contribution is 2.25. The normalized spacial score (nSPS) is 20.3. The number of benzene rings is 1. The van der Waals surface area contributed by atoms with Crippen LogP contribution in [0.2, 0.25) is 0 Å². The number of rotatable bonds is 5. The van der Waals surface area contributed by atoms with Crippen molar-refractivity contribution in [2.75, 3.05) is 11.5 Å². The highest BCUT2D eigenvalue weighted by molar-refractivity contribution is 7.91. The number of hydrogen-bond donors (Lipinski definition) is 1. The van der Waals surface area contributed by atoms with E-state index in [4.69, 9.17) is 0 Å². The van der Waals surface area contributed by atoms with E-state index in [1.54, 1.807) is 0 Å². The summed E-state index contributed by atoms with van der Waals surface area (Å²) in [5.41, 5.74) is -0.415. The van der Waals surface area contributed by atoms with Gasteiger partial charge in [-0.25, -0.2) is 8.42 Å². The minimum atomic E-state index is -3.03. The summed E-state index contributed by atoms with van der Waals surface area (Å²) in [7, 11) is -3.03. The van der Waals surface area contributed by atoms with E-state index in [2.05, 4.69) is 5.32 Å². The van der Waals surface area contributed by atoms with E-state index >= 15 is 0 Å². The first kappa shape index (κ1) is 15.3. The van der Waals surface area contributed by atoms with Crippen molar-refractivity contribution in [3.63, 3.8) is 0 Å². The molecule has 10 heteroatoms. The van der Waals surface area contributed by atoms with E-state index in [0.717, 1.165) is 6.07 Å². The minimum absolute atomic E-state index is 0.00772. The highest BCUT2D eigenvalue weighted by Gasteiger charge is 2.28. The first-order chi connectivity index (χ1) is 9.78. The summed E-state index contributed by atoms with van der Waals surface area (Å²) in [6, 6.07) is 3.16. The second-order valence-corrected chi connectivity index (χ2v) is 7.04. The number of nitrogens with one attached hydrogen (secondary N) is 1. The molecule has 0 aliphatic carbocycles. The van der Waals surface area contributed by atoms with E-state index in [1.165, 1.54) is 12.1 Å². The topological polar surface area (TPSA) is 132 Å². The molecule has 1 saturated heterocycles. The van der Waals surface area contributed by atoms with Crippen LogP contribution in [0.25, 0.3) is 0 Å². The second kappa shape index (κ2) is 5.74. The summed E-state index contributed by atoms with van der Waals surface area (Å²) in [6.07, 6.45) is 0.461. The van der Waals surface area contributed by atoms with E-state index in [-0.39, 0.29) is 41.0 Å². The SMILES string of the molecule is O=[N+]([O-])c1ccc(CN[C@@H]2CCS(=O)(=O)C2)c([N+](=O)[O-])c1. The Kier molecular flexibility index (Phi) is 4.19. The molecule has 114 valence electrons. The molecule has 9 nitrogen and oxygen atoms in total. The number of nitro benzene ring substituents is 2. The number of hydrogen-bond acceptors (Lipinski definition) is 7. The number of non-ortho nitro benzene ring substituents is 1. The van der Waals surface area contributed by atoms with Gasteiger partial charge in [-0.3, -0.25) is 20.2 Å². The highest BCUT2D eigenvalue weighted by atomic mass is 32.2. The monoisotopic (exact) mass is 315 g/mol. The molecule has 1 aromatic rings. The fraction of sp³-hybridized carbons (Fsp3) is 0.455. The Morgan fingerprint density at radius 1 is 1.24 bits per heavy atom. The Morgan fingerprint density at radius 3 is 2.48 bits per heavy atom. The first-order valence-electron chi connectivity index (χ1n) is 6.14. The van der Waals surface area contributed by atoms with Gasteiger partial charge >= 0.3 is 0 Å². The zero-order chi connectivity index (χ0) is 15.6. The summed E-state index contributed by atoms with van der Waals surface area (Å²) in [5.74, 6) is 0.112. The van der Waals surface area contributed by atoms with Crippen LogP contribution >= 0.6 is 0 Å². The van der Waals surface area contributed by atoms with Crippen molar-refractivity contribution in [2.24, 2.45) is 0 Å². The Morgan fingerprint density at radius 2 is 1.95 bits per heavy atom. The molecule has 1 heterocycles. The standard InChI is InChI=1S/C11H13N3O6S/c15-13(16)10-2-1-8(11(5-10)14(17)18)6-12-9-3-4-21(19,20)7-9/h1-2,5,9,12H,3-4,6-7H2/t9-/m1/s1. The maximum absolute atomic E-state index is 11.3. The van der Waals surface area contributed by atoms with Crippen LogP contribution in [0.4, 0.5) is 11.4 Å². The van der Waals surface area contributed by atoms with Crippen LogP contribution in [0.3, 0.4) is 0 Å². The molecule has 0 aromatic heterocycles. The van der Waals surface area contributed by atoms with Gasteiger partial charge < -0.3 is 5.32 Å². The molecule has 1 N–H and O–H groups in total. The van der Waals surface area contributed by atoms with E-state index in [1.807, 2.05) is 0 Å². The van der Waals surface area contributed by atoms with Crippen LogP contribution in [-0.2, 0) is 16.4 Å². The lowest BCUT2D eigenvalue weighted by Gasteiger charge is -2.10. The van der Waals surface area contributed by atoms with Gasteiger partial charge in [-0.05, 0) is 12.5 Å². The molecule has 0 saturated carbocycles. The zero-order valence-electron chi connectivity index (χ0n) is 10.9. The van der Waals surface area contributed by atoms with Gasteiger partial charge in [0.1, 0.15) is 0 Å². The lowest BCUT2D eigenvalue weighted by atomic mass is 10.1. The van der Waals surface area contributed by atoms with E-state index in [9.17, 15) is 28.6 Å². The van der Waals surface area contributed by atoms with Crippen molar-refractivity contribution in [1.82, 2.24) is 5.32 Å². The van der Waals surface area contributed by atoms with Gasteiger partial charge in [0, 0.05) is 24.2 Å². The van der Waals surface area contributed by atoms with Gasteiger partial charge in [-0.15, -0.1) is 0 Å². The third-order valence-corrected chi connectivity index (χ3v) is 5.06. The predicted octanol–water partition coefficient (Wildman–Crippen LogP) is 0.780. The third kappa shape index (κ3) is 3.73. The van der Waals surface area contributed by atoms with Gasteiger partial charge in [0.25, 0.3) is 11.4 Å². The minimum Gasteiger partial charge on any atom is -0.309 e. The summed E-state index contributed by atoms with van der Waals surface area (Å²) < 4.78 is 22.6. The van der Waals surface area contributed by atoms with Gasteiger partial charge in [0.05, 0.1) is 27.4 Å². The van der Waals surface area contributed by atoms with Gasteiger partial charge in [-0.1, -0.05) is 0 Å². The Balaban J connectivity index is 2.13. The average Bonchev–Trinajstić information content (AvgIpc) is 2.75. The van der Waals surface area contributed by atoms with Crippen molar-refractivity contribution in [1.29, 1.82) is 0 Å². The van der Waals surface area contributed by atoms with Crippen molar-refractivity contribution < 1.29 is 18.3 Å². The average molecular weight is 315 g/mol. The molecule has 1 atom stereocenters. The van der Waals surface area contributed by atoms with Crippen molar-refractivity contribution in [3.05, 3.63) is 44.0 Å². The Hall–Kier alpha value is -2.07. The largest absolute Gasteiger partial charge is 0.309 e. The molecular weight excluding hydrogens is 302 g/mol. The van der Waals surface area contributed by atoms with Gasteiger partial charge in [0.2, 0.25) is 0 Å². The maximum Gasteiger partial charge on any atom is 0.280 e. The summed E-state index contributed by atoms with van der Waals surface area (Å²) in [5, 5.41) is 24.5. The molecule has 1 aromatic carbocycles. The van der Waals surface area contributed by atoms with Crippen molar-refractivity contribution in [3.8, 4) is 0 Å². The van der Waals surface area contributed by atoms with Crippen LogP contribution in [0.15, 0.2) is 18.2 Å². The molecular formula is C11H13N3O6S. The molecule has 1 aliphatic heterocycles. The van der Waals surface area contributed by atoms with Crippen LogP contribution in [0, 0.1) is 20.2 Å². The molecule has 0 amide bonds. The molecule has 0 unspecified atom stereocenters. The zero-order valence-corrected chi connectivity index (χ0v) is 11.7. The van der Waals surface area contributed by atoms with E-state index in [0.29, 0.717) is 6.42 Å². The lowest BCUT2D eigenvalue weighted by Crippen LogP contribution is -2.29. The Labute approximate surface area is 120 Å². The first-order valence-corrected chi connectivity index (χ1v) is 7.96. The third-order valence-electron chi connectivity index (χ3n) is 3.29. The van der Waals surface area contributed by atoms with Crippen LogP contribution in [0.5, 0.6) is 0 Å². The van der Waals surface area contributed by atoms with E-state index < -0.39 is 19.7 Å². The number of nitrogens with zero attached hydrogens (tertiary/aromatic N) is 2. The van der Waals surface area contributed by atoms with Gasteiger partial charge in [-0.2, -0.15) is 0 Å². The van der Waals surface area contributed by atoms with Gasteiger partial charge in [0.15, 0.2) is 9.84 Å². The van der Waals surface area contributed by atoms with Crippen molar-refractivity contribution in [2.45, 2.75) is 19.0 Å². The van der Waals surface area contributed by atoms with Crippen molar-refractivity contribution >= 4 is 21.2 Å². The molecule has 1 aliphatic rings. The molecule has 1 fully saturated rings. The van der Waals surface area contributed by atoms with Crippen LogP contribution < -0.4 is 5.32 Å². The maximum atomic E-state index is 11.3.